The van der Waals surface area contributed by atoms with Crippen LogP contribution in [-0.2, 0) is 6.42 Å². The fourth-order valence-electron chi connectivity index (χ4n) is 2.38. The molecule has 2 heteroatoms. The molecule has 1 atom stereocenters. The normalized spacial score (nSPS) is 13.2. The van der Waals surface area contributed by atoms with Crippen molar-refractivity contribution in [2.24, 2.45) is 5.92 Å². The number of nitrogens with one attached hydrogen (secondary N) is 1. The predicted molar refractivity (Wildman–Crippen MR) is 74.2 cm³/mol. The van der Waals surface area contributed by atoms with E-state index in [9.17, 15) is 0 Å². The van der Waals surface area contributed by atoms with Crippen LogP contribution < -0.4 is 5.32 Å². The van der Waals surface area contributed by atoms with E-state index in [0.717, 1.165) is 12.5 Å². The van der Waals surface area contributed by atoms with Gasteiger partial charge in [-0.1, -0.05) is 33.6 Å². The Labute approximate surface area is 104 Å². The van der Waals surface area contributed by atoms with Gasteiger partial charge in [0.2, 0.25) is 0 Å². The summed E-state index contributed by atoms with van der Waals surface area (Å²) in [6.45, 7) is 7.91. The van der Waals surface area contributed by atoms with E-state index < -0.39 is 0 Å². The molecular weight excluding hydrogens is 214 g/mol. The van der Waals surface area contributed by atoms with Gasteiger partial charge in [-0.3, -0.25) is 0 Å². The van der Waals surface area contributed by atoms with Gasteiger partial charge < -0.3 is 5.32 Å². The first kappa shape index (κ1) is 13.7. The first-order chi connectivity index (χ1) is 7.81. The molecule has 0 aliphatic carbocycles. The lowest BCUT2D eigenvalue weighted by Crippen LogP contribution is -2.36. The highest BCUT2D eigenvalue weighted by molar-refractivity contribution is 7.07. The zero-order chi connectivity index (χ0) is 11.8. The monoisotopic (exact) mass is 239 g/mol. The average Bonchev–Trinajstić information content (AvgIpc) is 2.80. The predicted octanol–water partition coefficient (Wildman–Crippen LogP) is 4.10. The SMILES string of the molecule is CCNC(CCc1ccsc1)C(CC)CC. The van der Waals surface area contributed by atoms with Crippen LogP contribution in [0, 0.1) is 5.92 Å². The molecule has 0 bridgehead atoms. The fourth-order valence-corrected chi connectivity index (χ4v) is 3.08. The second kappa shape index (κ2) is 7.86. The van der Waals surface area contributed by atoms with E-state index in [1.165, 1.54) is 31.2 Å². The van der Waals surface area contributed by atoms with Crippen molar-refractivity contribution in [3.05, 3.63) is 22.4 Å². The summed E-state index contributed by atoms with van der Waals surface area (Å²) in [5.41, 5.74) is 1.50. The van der Waals surface area contributed by atoms with Crippen LogP contribution in [0.25, 0.3) is 0 Å². The van der Waals surface area contributed by atoms with Gasteiger partial charge in [-0.2, -0.15) is 11.3 Å². The van der Waals surface area contributed by atoms with Crippen LogP contribution >= 0.6 is 11.3 Å². The minimum absolute atomic E-state index is 0.694. The maximum atomic E-state index is 3.65. The third-order valence-corrected chi connectivity index (χ3v) is 4.14. The Hall–Kier alpha value is -0.340. The summed E-state index contributed by atoms with van der Waals surface area (Å²) in [6, 6.07) is 2.94. The highest BCUT2D eigenvalue weighted by Crippen LogP contribution is 2.18. The minimum Gasteiger partial charge on any atom is -0.314 e. The van der Waals surface area contributed by atoms with E-state index in [-0.39, 0.29) is 0 Å². The van der Waals surface area contributed by atoms with Crippen LogP contribution in [0.15, 0.2) is 16.8 Å². The van der Waals surface area contributed by atoms with Gasteiger partial charge in [-0.15, -0.1) is 0 Å². The molecule has 0 aliphatic rings. The number of thiophene rings is 1. The van der Waals surface area contributed by atoms with E-state index in [0.29, 0.717) is 6.04 Å². The molecule has 1 heterocycles. The molecule has 0 saturated heterocycles. The lowest BCUT2D eigenvalue weighted by molar-refractivity contribution is 0.322. The molecule has 0 saturated carbocycles. The Bertz CT molecular complexity index is 252. The molecule has 92 valence electrons. The van der Waals surface area contributed by atoms with Gasteiger partial charge in [-0.25, -0.2) is 0 Å². The lowest BCUT2D eigenvalue weighted by atomic mass is 9.90. The van der Waals surface area contributed by atoms with E-state index in [2.05, 4.69) is 42.9 Å². The summed E-state index contributed by atoms with van der Waals surface area (Å²) in [4.78, 5) is 0. The molecular formula is C14H25NS. The summed E-state index contributed by atoms with van der Waals surface area (Å²) >= 11 is 1.80. The number of aryl methyl sites for hydroxylation is 1. The van der Waals surface area contributed by atoms with E-state index in [1.54, 1.807) is 11.3 Å². The number of hydrogen-bond donors (Lipinski definition) is 1. The largest absolute Gasteiger partial charge is 0.314 e. The molecule has 1 rings (SSSR count). The van der Waals surface area contributed by atoms with Crippen molar-refractivity contribution in [3.8, 4) is 0 Å². The first-order valence-corrected chi connectivity index (χ1v) is 7.50. The number of rotatable bonds is 8. The zero-order valence-electron chi connectivity index (χ0n) is 10.8. The van der Waals surface area contributed by atoms with Crippen LogP contribution in [0.2, 0.25) is 0 Å². The van der Waals surface area contributed by atoms with Crippen molar-refractivity contribution < 1.29 is 0 Å². The molecule has 16 heavy (non-hydrogen) atoms. The van der Waals surface area contributed by atoms with Crippen molar-refractivity contribution in [3.63, 3.8) is 0 Å². The maximum Gasteiger partial charge on any atom is 0.00981 e. The van der Waals surface area contributed by atoms with Crippen LogP contribution in [0.5, 0.6) is 0 Å². The van der Waals surface area contributed by atoms with Gasteiger partial charge in [-0.05, 0) is 47.7 Å². The second-order valence-electron chi connectivity index (χ2n) is 4.41. The lowest BCUT2D eigenvalue weighted by Gasteiger charge is -2.26. The Morgan fingerprint density at radius 2 is 2.00 bits per heavy atom. The molecule has 1 nitrogen and oxygen atoms in total. The molecule has 1 aromatic rings. The Balaban J connectivity index is 2.43. The van der Waals surface area contributed by atoms with E-state index >= 15 is 0 Å². The first-order valence-electron chi connectivity index (χ1n) is 6.56. The molecule has 1 N–H and O–H groups in total. The third-order valence-electron chi connectivity index (χ3n) is 3.41. The van der Waals surface area contributed by atoms with Gasteiger partial charge in [0.15, 0.2) is 0 Å². The van der Waals surface area contributed by atoms with Crippen molar-refractivity contribution in [1.29, 1.82) is 0 Å². The van der Waals surface area contributed by atoms with Gasteiger partial charge in [0.25, 0.3) is 0 Å². The quantitative estimate of drug-likeness (QED) is 0.720. The standard InChI is InChI=1S/C14H25NS/c1-4-13(5-2)14(15-6-3)8-7-12-9-10-16-11-12/h9-11,13-15H,4-8H2,1-3H3. The molecule has 1 unspecified atom stereocenters. The Morgan fingerprint density at radius 3 is 2.50 bits per heavy atom. The highest BCUT2D eigenvalue weighted by atomic mass is 32.1. The fraction of sp³-hybridized carbons (Fsp3) is 0.714. The van der Waals surface area contributed by atoms with Crippen molar-refractivity contribution in [2.45, 2.75) is 52.5 Å². The van der Waals surface area contributed by atoms with Crippen molar-refractivity contribution >= 4 is 11.3 Å². The molecule has 0 amide bonds. The summed E-state index contributed by atoms with van der Waals surface area (Å²) < 4.78 is 0. The van der Waals surface area contributed by atoms with Crippen molar-refractivity contribution in [2.75, 3.05) is 6.54 Å². The van der Waals surface area contributed by atoms with Crippen LogP contribution in [0.3, 0.4) is 0 Å². The summed E-state index contributed by atoms with van der Waals surface area (Å²) in [7, 11) is 0. The molecule has 0 fully saturated rings. The Morgan fingerprint density at radius 1 is 1.25 bits per heavy atom. The van der Waals surface area contributed by atoms with Crippen LogP contribution in [0.4, 0.5) is 0 Å². The molecule has 0 aliphatic heterocycles. The second-order valence-corrected chi connectivity index (χ2v) is 5.19. The Kier molecular flexibility index (Phi) is 6.74. The van der Waals surface area contributed by atoms with Gasteiger partial charge in [0.1, 0.15) is 0 Å². The smallest absolute Gasteiger partial charge is 0.00981 e. The zero-order valence-corrected chi connectivity index (χ0v) is 11.6. The van der Waals surface area contributed by atoms with Crippen LogP contribution in [0.1, 0.15) is 45.6 Å². The van der Waals surface area contributed by atoms with Gasteiger partial charge in [0, 0.05) is 6.04 Å². The molecule has 0 radical (unpaired) electrons. The molecule has 1 aromatic heterocycles. The third kappa shape index (κ3) is 4.26. The minimum atomic E-state index is 0.694. The molecule has 0 spiro atoms. The van der Waals surface area contributed by atoms with E-state index in [4.69, 9.17) is 0 Å². The van der Waals surface area contributed by atoms with Crippen LogP contribution in [-0.4, -0.2) is 12.6 Å². The topological polar surface area (TPSA) is 12.0 Å². The number of hydrogen-bond acceptors (Lipinski definition) is 2. The summed E-state index contributed by atoms with van der Waals surface area (Å²) in [5.74, 6) is 0.832. The molecule has 0 aromatic carbocycles. The maximum absolute atomic E-state index is 3.65. The highest BCUT2D eigenvalue weighted by Gasteiger charge is 2.16. The van der Waals surface area contributed by atoms with Crippen molar-refractivity contribution in [1.82, 2.24) is 5.32 Å². The van der Waals surface area contributed by atoms with Gasteiger partial charge >= 0.3 is 0 Å². The average molecular weight is 239 g/mol. The summed E-state index contributed by atoms with van der Waals surface area (Å²) in [6.07, 6.45) is 5.07. The van der Waals surface area contributed by atoms with Gasteiger partial charge in [0.05, 0.1) is 0 Å². The van der Waals surface area contributed by atoms with E-state index in [1.807, 2.05) is 0 Å². The summed E-state index contributed by atoms with van der Waals surface area (Å²) in [5, 5.41) is 8.10.